The van der Waals surface area contributed by atoms with Crippen molar-refractivity contribution in [1.82, 2.24) is 0 Å². The molecule has 4 nitrogen and oxygen atoms in total. The monoisotopic (exact) mass is 231 g/mol. The van der Waals surface area contributed by atoms with Crippen LogP contribution in [0.4, 0.5) is 8.78 Å². The first-order valence-electron chi connectivity index (χ1n) is 4.46. The molecule has 1 rings (SSSR count). The van der Waals surface area contributed by atoms with Gasteiger partial charge in [-0.3, -0.25) is 4.79 Å². The second-order valence-electron chi connectivity index (χ2n) is 3.21. The second kappa shape index (κ2) is 4.89. The Kier molecular flexibility index (Phi) is 3.78. The van der Waals surface area contributed by atoms with Gasteiger partial charge in [-0.05, 0) is 11.6 Å². The number of rotatable bonds is 3. The number of carbonyl (C=O) groups excluding carboxylic acids is 1. The van der Waals surface area contributed by atoms with E-state index in [1.807, 2.05) is 0 Å². The molecule has 0 aromatic heterocycles. The van der Waals surface area contributed by atoms with Crippen molar-refractivity contribution in [3.8, 4) is 5.75 Å². The number of methoxy groups -OCH3 is 1. The lowest BCUT2D eigenvalue weighted by Gasteiger charge is -2.10. The zero-order valence-electron chi connectivity index (χ0n) is 8.54. The van der Waals surface area contributed by atoms with Gasteiger partial charge in [0.15, 0.2) is 11.6 Å². The van der Waals surface area contributed by atoms with E-state index in [1.165, 1.54) is 0 Å². The van der Waals surface area contributed by atoms with Crippen LogP contribution in [-0.2, 0) is 16.0 Å². The van der Waals surface area contributed by atoms with Crippen LogP contribution in [0.5, 0.6) is 5.75 Å². The molecule has 1 aromatic carbocycles. The first-order valence-corrected chi connectivity index (χ1v) is 4.46. The molecule has 1 atom stereocenters. The zero-order chi connectivity index (χ0) is 12.3. The Morgan fingerprint density at radius 2 is 2.12 bits per heavy atom. The lowest BCUT2D eigenvalue weighted by molar-refractivity contribution is -0.142. The van der Waals surface area contributed by atoms with Gasteiger partial charge in [0.25, 0.3) is 0 Å². The van der Waals surface area contributed by atoms with Gasteiger partial charge in [0, 0.05) is 6.42 Å². The number of halogens is 2. The first-order chi connectivity index (χ1) is 7.47. The number of phenolic OH excluding ortho intramolecular Hbond substituents is 1. The maximum atomic E-state index is 13.2. The van der Waals surface area contributed by atoms with E-state index in [1.54, 1.807) is 0 Å². The SMILES string of the molecule is COC(=O)[C@H](N)Cc1ccc(O)c(F)c1F. The van der Waals surface area contributed by atoms with Gasteiger partial charge in [-0.2, -0.15) is 4.39 Å². The summed E-state index contributed by atoms with van der Waals surface area (Å²) in [5, 5.41) is 8.88. The molecule has 0 aliphatic carbocycles. The molecule has 1 aromatic rings. The van der Waals surface area contributed by atoms with E-state index >= 15 is 0 Å². The molecule has 0 amide bonds. The van der Waals surface area contributed by atoms with Gasteiger partial charge in [-0.25, -0.2) is 4.39 Å². The minimum atomic E-state index is -1.35. The van der Waals surface area contributed by atoms with E-state index in [-0.39, 0.29) is 12.0 Å². The fourth-order valence-electron chi connectivity index (χ4n) is 1.21. The Morgan fingerprint density at radius 3 is 2.69 bits per heavy atom. The van der Waals surface area contributed by atoms with Crippen molar-refractivity contribution in [1.29, 1.82) is 0 Å². The first kappa shape index (κ1) is 12.4. The molecule has 88 valence electrons. The van der Waals surface area contributed by atoms with Gasteiger partial charge in [-0.15, -0.1) is 0 Å². The molecule has 6 heteroatoms. The molecule has 0 heterocycles. The maximum absolute atomic E-state index is 13.2. The fourth-order valence-corrected chi connectivity index (χ4v) is 1.21. The van der Waals surface area contributed by atoms with E-state index in [9.17, 15) is 13.6 Å². The maximum Gasteiger partial charge on any atom is 0.322 e. The van der Waals surface area contributed by atoms with Crippen molar-refractivity contribution >= 4 is 5.97 Å². The van der Waals surface area contributed by atoms with Crippen molar-refractivity contribution in [2.24, 2.45) is 5.73 Å². The molecule has 0 bridgehead atoms. The third kappa shape index (κ3) is 2.46. The average Bonchev–Trinajstić information content (AvgIpc) is 2.28. The van der Waals surface area contributed by atoms with Crippen LogP contribution in [0.3, 0.4) is 0 Å². The molecule has 0 unspecified atom stereocenters. The summed E-state index contributed by atoms with van der Waals surface area (Å²) in [6.45, 7) is 0. The summed E-state index contributed by atoms with van der Waals surface area (Å²) in [7, 11) is 1.15. The van der Waals surface area contributed by atoms with Crippen LogP contribution < -0.4 is 5.73 Å². The summed E-state index contributed by atoms with van der Waals surface area (Å²) in [5.74, 6) is -4.06. The van der Waals surface area contributed by atoms with Crippen molar-refractivity contribution in [2.75, 3.05) is 7.11 Å². The smallest absolute Gasteiger partial charge is 0.322 e. The largest absolute Gasteiger partial charge is 0.505 e. The molecule has 0 saturated heterocycles. The highest BCUT2D eigenvalue weighted by molar-refractivity contribution is 5.75. The van der Waals surface area contributed by atoms with Crippen molar-refractivity contribution < 1.29 is 23.4 Å². The van der Waals surface area contributed by atoms with Crippen molar-refractivity contribution in [2.45, 2.75) is 12.5 Å². The molecule has 0 fully saturated rings. The van der Waals surface area contributed by atoms with Gasteiger partial charge < -0.3 is 15.6 Å². The minimum Gasteiger partial charge on any atom is -0.505 e. The summed E-state index contributed by atoms with van der Waals surface area (Å²) in [6, 6.07) is 1.09. The number of benzene rings is 1. The van der Waals surface area contributed by atoms with Gasteiger partial charge in [0.1, 0.15) is 6.04 Å². The summed E-state index contributed by atoms with van der Waals surface area (Å²) in [6.07, 6.45) is -0.199. The molecular formula is C10H11F2NO3. The predicted octanol–water partition coefficient (Wildman–Crippen LogP) is 0.713. The van der Waals surface area contributed by atoms with E-state index < -0.39 is 29.4 Å². The highest BCUT2D eigenvalue weighted by Gasteiger charge is 2.19. The molecule has 0 aliphatic heterocycles. The van der Waals surface area contributed by atoms with Gasteiger partial charge in [0.2, 0.25) is 5.82 Å². The van der Waals surface area contributed by atoms with Crippen LogP contribution >= 0.6 is 0 Å². The van der Waals surface area contributed by atoms with Crippen LogP contribution in [0.25, 0.3) is 0 Å². The van der Waals surface area contributed by atoms with Gasteiger partial charge in [-0.1, -0.05) is 6.07 Å². The normalized spacial score (nSPS) is 12.2. The van der Waals surface area contributed by atoms with Gasteiger partial charge >= 0.3 is 5.97 Å². The van der Waals surface area contributed by atoms with Crippen LogP contribution in [-0.4, -0.2) is 24.2 Å². The summed E-state index contributed by atoms with van der Waals surface area (Å²) >= 11 is 0. The van der Waals surface area contributed by atoms with Gasteiger partial charge in [0.05, 0.1) is 7.11 Å². The number of esters is 1. The van der Waals surface area contributed by atoms with Crippen LogP contribution in [0.15, 0.2) is 12.1 Å². The van der Waals surface area contributed by atoms with E-state index in [2.05, 4.69) is 4.74 Å². The third-order valence-electron chi connectivity index (χ3n) is 2.09. The Hall–Kier alpha value is -1.69. The summed E-state index contributed by atoms with van der Waals surface area (Å²) in [4.78, 5) is 11.0. The van der Waals surface area contributed by atoms with Crippen LogP contribution in [0.1, 0.15) is 5.56 Å². The highest BCUT2D eigenvalue weighted by Crippen LogP contribution is 2.21. The molecular weight excluding hydrogens is 220 g/mol. The summed E-state index contributed by atoms with van der Waals surface area (Å²) < 4.78 is 30.5. The number of aromatic hydroxyl groups is 1. The lowest BCUT2D eigenvalue weighted by Crippen LogP contribution is -2.34. The molecule has 3 N–H and O–H groups in total. The number of ether oxygens (including phenoxy) is 1. The molecule has 0 spiro atoms. The lowest BCUT2D eigenvalue weighted by atomic mass is 10.1. The van der Waals surface area contributed by atoms with Crippen LogP contribution in [0, 0.1) is 11.6 Å². The molecule has 0 aliphatic rings. The number of nitrogens with two attached hydrogens (primary N) is 1. The number of phenols is 1. The Labute approximate surface area is 90.6 Å². The molecule has 0 radical (unpaired) electrons. The fraction of sp³-hybridized carbons (Fsp3) is 0.300. The third-order valence-corrected chi connectivity index (χ3v) is 2.09. The topological polar surface area (TPSA) is 72.5 Å². The number of carbonyl (C=O) groups is 1. The quantitative estimate of drug-likeness (QED) is 0.751. The molecule has 16 heavy (non-hydrogen) atoms. The standard InChI is InChI=1S/C10H11F2NO3/c1-16-10(15)6(13)4-5-2-3-7(14)9(12)8(5)11/h2-3,6,14H,4,13H2,1H3/t6-/m1/s1. The van der Waals surface area contributed by atoms with Crippen molar-refractivity contribution in [3.05, 3.63) is 29.3 Å². The van der Waals surface area contributed by atoms with Crippen molar-refractivity contribution in [3.63, 3.8) is 0 Å². The minimum absolute atomic E-state index is 0.0896. The number of hydrogen-bond donors (Lipinski definition) is 2. The highest BCUT2D eigenvalue weighted by atomic mass is 19.2. The van der Waals surface area contributed by atoms with E-state index in [4.69, 9.17) is 10.8 Å². The van der Waals surface area contributed by atoms with E-state index in [0.29, 0.717) is 0 Å². The Balaban J connectivity index is 2.90. The Bertz CT molecular complexity index is 409. The zero-order valence-corrected chi connectivity index (χ0v) is 8.54. The second-order valence-corrected chi connectivity index (χ2v) is 3.21. The predicted molar refractivity (Wildman–Crippen MR) is 51.7 cm³/mol. The van der Waals surface area contributed by atoms with E-state index in [0.717, 1.165) is 19.2 Å². The number of hydrogen-bond acceptors (Lipinski definition) is 4. The summed E-state index contributed by atoms with van der Waals surface area (Å²) in [5.41, 5.74) is 5.30. The molecule has 0 saturated carbocycles. The van der Waals surface area contributed by atoms with Crippen LogP contribution in [0.2, 0.25) is 0 Å². The average molecular weight is 231 g/mol. The Morgan fingerprint density at radius 1 is 1.50 bits per heavy atom.